The molecule has 18 heavy (non-hydrogen) atoms. The van der Waals surface area contributed by atoms with E-state index in [1.54, 1.807) is 4.90 Å². The van der Waals surface area contributed by atoms with Crippen molar-refractivity contribution in [3.05, 3.63) is 0 Å². The highest BCUT2D eigenvalue weighted by molar-refractivity contribution is 5.79. The second-order valence-corrected chi connectivity index (χ2v) is 4.63. The van der Waals surface area contributed by atoms with Crippen molar-refractivity contribution in [2.24, 2.45) is 11.7 Å². The molecular weight excluding hydrogens is 232 g/mol. The SMILES string of the molecule is CCNC(=O)N1CCN(C(=O)C(C)CCN)CC1. The normalized spacial score (nSPS) is 17.5. The van der Waals surface area contributed by atoms with Crippen LogP contribution in [-0.2, 0) is 4.79 Å². The van der Waals surface area contributed by atoms with E-state index in [4.69, 9.17) is 5.73 Å². The molecule has 0 aromatic heterocycles. The van der Waals surface area contributed by atoms with Crippen LogP contribution < -0.4 is 11.1 Å². The van der Waals surface area contributed by atoms with Crippen molar-refractivity contribution in [1.82, 2.24) is 15.1 Å². The second-order valence-electron chi connectivity index (χ2n) is 4.63. The van der Waals surface area contributed by atoms with Gasteiger partial charge in [0.05, 0.1) is 0 Å². The summed E-state index contributed by atoms with van der Waals surface area (Å²) in [6.45, 7) is 7.41. The summed E-state index contributed by atoms with van der Waals surface area (Å²) in [4.78, 5) is 27.2. The predicted molar refractivity (Wildman–Crippen MR) is 70.1 cm³/mol. The Morgan fingerprint density at radius 1 is 1.22 bits per heavy atom. The summed E-state index contributed by atoms with van der Waals surface area (Å²) in [5.41, 5.74) is 5.46. The summed E-state index contributed by atoms with van der Waals surface area (Å²) < 4.78 is 0. The van der Waals surface area contributed by atoms with E-state index < -0.39 is 0 Å². The Morgan fingerprint density at radius 3 is 2.28 bits per heavy atom. The van der Waals surface area contributed by atoms with Gasteiger partial charge in [0.1, 0.15) is 0 Å². The number of nitrogens with one attached hydrogen (secondary N) is 1. The molecule has 1 heterocycles. The van der Waals surface area contributed by atoms with E-state index in [1.165, 1.54) is 0 Å². The van der Waals surface area contributed by atoms with Crippen molar-refractivity contribution in [2.75, 3.05) is 39.3 Å². The van der Waals surface area contributed by atoms with E-state index in [1.807, 2.05) is 18.7 Å². The molecule has 104 valence electrons. The molecule has 3 amide bonds. The zero-order valence-electron chi connectivity index (χ0n) is 11.3. The van der Waals surface area contributed by atoms with Crippen LogP contribution in [0.1, 0.15) is 20.3 Å². The van der Waals surface area contributed by atoms with Crippen molar-refractivity contribution in [1.29, 1.82) is 0 Å². The highest BCUT2D eigenvalue weighted by atomic mass is 16.2. The van der Waals surface area contributed by atoms with Crippen molar-refractivity contribution < 1.29 is 9.59 Å². The van der Waals surface area contributed by atoms with Crippen LogP contribution in [0, 0.1) is 5.92 Å². The fraction of sp³-hybridized carbons (Fsp3) is 0.833. The number of amides is 3. The molecule has 1 atom stereocenters. The smallest absolute Gasteiger partial charge is 0.317 e. The fourth-order valence-corrected chi connectivity index (χ4v) is 2.08. The largest absolute Gasteiger partial charge is 0.339 e. The van der Waals surface area contributed by atoms with Crippen LogP contribution in [-0.4, -0.2) is 61.0 Å². The predicted octanol–water partition coefficient (Wildman–Crippen LogP) is -0.155. The average Bonchev–Trinajstić information content (AvgIpc) is 2.38. The Labute approximate surface area is 108 Å². The highest BCUT2D eigenvalue weighted by Gasteiger charge is 2.26. The number of hydrogen-bond donors (Lipinski definition) is 2. The van der Waals surface area contributed by atoms with Gasteiger partial charge in [0.2, 0.25) is 5.91 Å². The van der Waals surface area contributed by atoms with Gasteiger partial charge >= 0.3 is 6.03 Å². The van der Waals surface area contributed by atoms with Crippen LogP contribution in [0.2, 0.25) is 0 Å². The van der Waals surface area contributed by atoms with Gasteiger partial charge < -0.3 is 20.9 Å². The number of carbonyl (C=O) groups excluding carboxylic acids is 2. The molecule has 1 aliphatic rings. The summed E-state index contributed by atoms with van der Waals surface area (Å²) in [5.74, 6) is 0.127. The van der Waals surface area contributed by atoms with Crippen molar-refractivity contribution in [2.45, 2.75) is 20.3 Å². The fourth-order valence-electron chi connectivity index (χ4n) is 2.08. The van der Waals surface area contributed by atoms with Gasteiger partial charge in [0.15, 0.2) is 0 Å². The molecule has 1 aliphatic heterocycles. The molecule has 1 fully saturated rings. The van der Waals surface area contributed by atoms with Gasteiger partial charge in [-0.3, -0.25) is 4.79 Å². The Hall–Kier alpha value is -1.30. The summed E-state index contributed by atoms with van der Waals surface area (Å²) in [6.07, 6.45) is 0.718. The van der Waals surface area contributed by atoms with E-state index in [-0.39, 0.29) is 17.9 Å². The number of urea groups is 1. The number of carbonyl (C=O) groups is 2. The zero-order valence-corrected chi connectivity index (χ0v) is 11.3. The molecule has 0 radical (unpaired) electrons. The molecule has 6 heteroatoms. The number of nitrogens with two attached hydrogens (primary N) is 1. The minimum absolute atomic E-state index is 0.0222. The van der Waals surface area contributed by atoms with Crippen molar-refractivity contribution in [3.8, 4) is 0 Å². The van der Waals surface area contributed by atoms with E-state index in [9.17, 15) is 9.59 Å². The van der Waals surface area contributed by atoms with Crippen LogP contribution in [0.3, 0.4) is 0 Å². The van der Waals surface area contributed by atoms with Crippen LogP contribution >= 0.6 is 0 Å². The van der Waals surface area contributed by atoms with Gasteiger partial charge in [-0.1, -0.05) is 6.92 Å². The summed E-state index contributed by atoms with van der Waals surface area (Å²) >= 11 is 0. The molecular formula is C12H24N4O2. The quantitative estimate of drug-likeness (QED) is 0.734. The van der Waals surface area contributed by atoms with E-state index >= 15 is 0 Å². The Kier molecular flexibility index (Phi) is 5.91. The Balaban J connectivity index is 2.39. The maximum atomic E-state index is 12.0. The average molecular weight is 256 g/mol. The minimum Gasteiger partial charge on any atom is -0.339 e. The lowest BCUT2D eigenvalue weighted by Crippen LogP contribution is -2.54. The summed E-state index contributed by atoms with van der Waals surface area (Å²) in [6, 6.07) is -0.0420. The van der Waals surface area contributed by atoms with E-state index in [0.717, 1.165) is 6.42 Å². The van der Waals surface area contributed by atoms with Crippen LogP contribution in [0.5, 0.6) is 0 Å². The summed E-state index contributed by atoms with van der Waals surface area (Å²) in [7, 11) is 0. The van der Waals surface area contributed by atoms with Crippen molar-refractivity contribution in [3.63, 3.8) is 0 Å². The van der Waals surface area contributed by atoms with Gasteiger partial charge in [0.25, 0.3) is 0 Å². The first-order chi connectivity index (χ1) is 8.60. The van der Waals surface area contributed by atoms with Crippen LogP contribution in [0.15, 0.2) is 0 Å². The molecule has 0 aromatic carbocycles. The third-order valence-corrected chi connectivity index (χ3v) is 3.23. The highest BCUT2D eigenvalue weighted by Crippen LogP contribution is 2.10. The van der Waals surface area contributed by atoms with Gasteiger partial charge in [-0.2, -0.15) is 0 Å². The molecule has 0 bridgehead atoms. The molecule has 1 saturated heterocycles. The molecule has 1 rings (SSSR count). The van der Waals surface area contributed by atoms with E-state index in [0.29, 0.717) is 39.3 Å². The number of rotatable bonds is 4. The van der Waals surface area contributed by atoms with Gasteiger partial charge in [-0.25, -0.2) is 4.79 Å². The van der Waals surface area contributed by atoms with Gasteiger partial charge in [-0.15, -0.1) is 0 Å². The molecule has 0 aliphatic carbocycles. The molecule has 1 unspecified atom stereocenters. The Morgan fingerprint density at radius 2 is 1.78 bits per heavy atom. The van der Waals surface area contributed by atoms with Gasteiger partial charge in [-0.05, 0) is 19.9 Å². The third kappa shape index (κ3) is 3.87. The van der Waals surface area contributed by atoms with Crippen LogP contribution in [0.4, 0.5) is 4.79 Å². The lowest BCUT2D eigenvalue weighted by atomic mass is 10.1. The Bertz CT molecular complexity index is 288. The maximum Gasteiger partial charge on any atom is 0.317 e. The molecule has 0 aromatic rings. The lowest BCUT2D eigenvalue weighted by molar-refractivity contribution is -0.136. The first-order valence-electron chi connectivity index (χ1n) is 6.61. The standard InChI is InChI=1S/C12H24N4O2/c1-3-14-12(18)16-8-6-15(7-9-16)11(17)10(2)4-5-13/h10H,3-9,13H2,1-2H3,(H,14,18). The van der Waals surface area contributed by atoms with Gasteiger partial charge in [0, 0.05) is 38.6 Å². The lowest BCUT2D eigenvalue weighted by Gasteiger charge is -2.35. The molecule has 3 N–H and O–H groups in total. The third-order valence-electron chi connectivity index (χ3n) is 3.23. The molecule has 0 saturated carbocycles. The van der Waals surface area contributed by atoms with Crippen molar-refractivity contribution >= 4 is 11.9 Å². The number of piperazine rings is 1. The topological polar surface area (TPSA) is 78.7 Å². The first-order valence-corrected chi connectivity index (χ1v) is 6.61. The van der Waals surface area contributed by atoms with E-state index in [2.05, 4.69) is 5.32 Å². The second kappa shape index (κ2) is 7.20. The number of nitrogens with zero attached hydrogens (tertiary/aromatic N) is 2. The zero-order chi connectivity index (χ0) is 13.5. The molecule has 0 spiro atoms. The molecule has 6 nitrogen and oxygen atoms in total. The first kappa shape index (κ1) is 14.8. The monoisotopic (exact) mass is 256 g/mol. The maximum absolute atomic E-state index is 12.0. The summed E-state index contributed by atoms with van der Waals surface area (Å²) in [5, 5.41) is 2.77. The minimum atomic E-state index is -0.0420. The number of hydrogen-bond acceptors (Lipinski definition) is 3. The van der Waals surface area contributed by atoms with Crippen LogP contribution in [0.25, 0.3) is 0 Å².